The highest BCUT2D eigenvalue weighted by molar-refractivity contribution is 6.36. The maximum absolute atomic E-state index is 12.6. The Morgan fingerprint density at radius 2 is 2.06 bits per heavy atom. The normalized spacial score (nSPS) is 11.3. The van der Waals surface area contributed by atoms with Crippen LogP contribution in [0.5, 0.6) is 0 Å². The number of aryl methyl sites for hydroxylation is 1. The Hall–Kier alpha value is -1.91. The largest absolute Gasteiger partial charge is 0.461 e. The molecule has 1 rings (SSSR count). The molecule has 0 aromatic heterocycles. The fourth-order valence-electron chi connectivity index (χ4n) is 1.32. The maximum atomic E-state index is 12.6. The first-order valence-electron chi connectivity index (χ1n) is 5.30. The Balaban J connectivity index is 2.54. The Labute approximate surface area is 98.7 Å². The van der Waals surface area contributed by atoms with Crippen molar-refractivity contribution in [3.8, 4) is 0 Å². The van der Waals surface area contributed by atoms with Crippen LogP contribution in [0, 0.1) is 5.82 Å². The number of hydrogen-bond donors (Lipinski definition) is 1. The third-order valence-corrected chi connectivity index (χ3v) is 2.20. The molecule has 0 saturated carbocycles. The molecule has 0 fully saturated rings. The van der Waals surface area contributed by atoms with E-state index in [-0.39, 0.29) is 24.6 Å². The highest BCUT2D eigenvalue weighted by Gasteiger charge is 2.13. The molecule has 17 heavy (non-hydrogen) atoms. The van der Waals surface area contributed by atoms with Crippen LogP contribution in [-0.2, 0) is 16.0 Å². The lowest BCUT2D eigenvalue weighted by molar-refractivity contribution is -0.135. The van der Waals surface area contributed by atoms with E-state index in [9.17, 15) is 9.18 Å². The minimum absolute atomic E-state index is 0.0313. The van der Waals surface area contributed by atoms with Gasteiger partial charge in [0.25, 0.3) is 0 Å². The summed E-state index contributed by atoms with van der Waals surface area (Å²) in [5.74, 6) is -0.938. The summed E-state index contributed by atoms with van der Waals surface area (Å²) < 4.78 is 17.4. The number of carbonyl (C=O) groups excluding carboxylic acids is 1. The van der Waals surface area contributed by atoms with Crippen LogP contribution >= 0.6 is 0 Å². The van der Waals surface area contributed by atoms with Gasteiger partial charge < -0.3 is 9.94 Å². The van der Waals surface area contributed by atoms with E-state index in [2.05, 4.69) is 5.16 Å². The molecule has 1 aromatic carbocycles. The van der Waals surface area contributed by atoms with E-state index in [1.165, 1.54) is 12.1 Å². The van der Waals surface area contributed by atoms with E-state index < -0.39 is 5.97 Å². The van der Waals surface area contributed by atoms with Crippen molar-refractivity contribution in [3.63, 3.8) is 0 Å². The van der Waals surface area contributed by atoms with Gasteiger partial charge in [-0.25, -0.2) is 9.18 Å². The number of carbonyl (C=O) groups is 1. The van der Waals surface area contributed by atoms with Gasteiger partial charge >= 0.3 is 5.97 Å². The van der Waals surface area contributed by atoms with Gasteiger partial charge in [-0.05, 0) is 31.0 Å². The van der Waals surface area contributed by atoms with Crippen molar-refractivity contribution >= 4 is 11.7 Å². The SMILES string of the molecule is CCOC(=O)C(CCc1ccc(F)cc1)=NO. The molecular formula is C12H14FNO3. The van der Waals surface area contributed by atoms with Crippen LogP contribution in [-0.4, -0.2) is 23.5 Å². The highest BCUT2D eigenvalue weighted by Crippen LogP contribution is 2.06. The zero-order chi connectivity index (χ0) is 12.7. The molecule has 5 heteroatoms. The van der Waals surface area contributed by atoms with Gasteiger partial charge in [0.05, 0.1) is 6.61 Å². The number of hydrogen-bond acceptors (Lipinski definition) is 4. The fourth-order valence-corrected chi connectivity index (χ4v) is 1.32. The van der Waals surface area contributed by atoms with Gasteiger partial charge in [0.2, 0.25) is 0 Å². The zero-order valence-corrected chi connectivity index (χ0v) is 9.52. The van der Waals surface area contributed by atoms with Crippen LogP contribution in [0.15, 0.2) is 29.4 Å². The lowest BCUT2D eigenvalue weighted by atomic mass is 10.1. The molecule has 0 unspecified atom stereocenters. The van der Waals surface area contributed by atoms with E-state index in [0.717, 1.165) is 5.56 Å². The molecule has 4 nitrogen and oxygen atoms in total. The first-order valence-corrected chi connectivity index (χ1v) is 5.30. The van der Waals surface area contributed by atoms with Gasteiger partial charge in [0.15, 0.2) is 5.71 Å². The molecule has 0 aliphatic carbocycles. The standard InChI is InChI=1S/C12H14FNO3/c1-2-17-12(15)11(14-16)8-5-9-3-6-10(13)7-4-9/h3-4,6-7,16H,2,5,8H2,1H3. The fraction of sp³-hybridized carbons (Fsp3) is 0.333. The molecule has 0 radical (unpaired) electrons. The lowest BCUT2D eigenvalue weighted by Gasteiger charge is -2.04. The van der Waals surface area contributed by atoms with E-state index in [0.29, 0.717) is 6.42 Å². The molecule has 92 valence electrons. The molecular weight excluding hydrogens is 225 g/mol. The van der Waals surface area contributed by atoms with Crippen LogP contribution < -0.4 is 0 Å². The summed E-state index contributed by atoms with van der Waals surface area (Å²) in [7, 11) is 0. The molecule has 0 amide bonds. The lowest BCUT2D eigenvalue weighted by Crippen LogP contribution is -2.18. The summed E-state index contributed by atoms with van der Waals surface area (Å²) in [6.07, 6.45) is 0.736. The molecule has 0 heterocycles. The number of oxime groups is 1. The van der Waals surface area contributed by atoms with Crippen molar-refractivity contribution in [1.29, 1.82) is 0 Å². The third-order valence-electron chi connectivity index (χ3n) is 2.20. The van der Waals surface area contributed by atoms with Crippen molar-refractivity contribution < 1.29 is 19.1 Å². The smallest absolute Gasteiger partial charge is 0.356 e. The minimum atomic E-state index is -0.628. The summed E-state index contributed by atoms with van der Waals surface area (Å²) in [5, 5.41) is 11.6. The van der Waals surface area contributed by atoms with Crippen molar-refractivity contribution in [2.75, 3.05) is 6.61 Å². The quantitative estimate of drug-likeness (QED) is 0.370. The Kier molecular flexibility index (Phi) is 5.13. The predicted octanol–water partition coefficient (Wildman–Crippen LogP) is 2.15. The van der Waals surface area contributed by atoms with Crippen LogP contribution in [0.2, 0.25) is 0 Å². The van der Waals surface area contributed by atoms with E-state index in [4.69, 9.17) is 9.94 Å². The van der Waals surface area contributed by atoms with E-state index in [1.54, 1.807) is 19.1 Å². The third kappa shape index (κ3) is 4.22. The Morgan fingerprint density at radius 3 is 2.59 bits per heavy atom. The van der Waals surface area contributed by atoms with Gasteiger partial charge in [-0.3, -0.25) is 0 Å². The molecule has 0 bridgehead atoms. The second-order valence-electron chi connectivity index (χ2n) is 3.39. The molecule has 0 saturated heterocycles. The van der Waals surface area contributed by atoms with E-state index in [1.807, 2.05) is 0 Å². The summed E-state index contributed by atoms with van der Waals surface area (Å²) in [6.45, 7) is 1.90. The van der Waals surface area contributed by atoms with Crippen molar-refractivity contribution in [2.45, 2.75) is 19.8 Å². The highest BCUT2D eigenvalue weighted by atomic mass is 19.1. The maximum Gasteiger partial charge on any atom is 0.356 e. The van der Waals surface area contributed by atoms with Crippen molar-refractivity contribution in [1.82, 2.24) is 0 Å². The van der Waals surface area contributed by atoms with E-state index >= 15 is 0 Å². The Bertz CT molecular complexity index is 401. The summed E-state index contributed by atoms with van der Waals surface area (Å²) in [6, 6.07) is 5.93. The molecule has 0 aliphatic rings. The molecule has 0 aliphatic heterocycles. The van der Waals surface area contributed by atoms with Crippen LogP contribution in [0.25, 0.3) is 0 Å². The predicted molar refractivity (Wildman–Crippen MR) is 60.6 cm³/mol. The topological polar surface area (TPSA) is 58.9 Å². The van der Waals surface area contributed by atoms with Gasteiger partial charge in [-0.15, -0.1) is 0 Å². The Morgan fingerprint density at radius 1 is 1.41 bits per heavy atom. The first kappa shape index (κ1) is 13.2. The van der Waals surface area contributed by atoms with Crippen LogP contribution in [0.4, 0.5) is 4.39 Å². The molecule has 0 spiro atoms. The number of ether oxygens (including phenoxy) is 1. The second kappa shape index (κ2) is 6.62. The van der Waals surface area contributed by atoms with Gasteiger partial charge in [0, 0.05) is 6.42 Å². The van der Waals surface area contributed by atoms with Crippen LogP contribution in [0.1, 0.15) is 18.9 Å². The number of benzene rings is 1. The second-order valence-corrected chi connectivity index (χ2v) is 3.39. The minimum Gasteiger partial charge on any atom is -0.461 e. The average molecular weight is 239 g/mol. The summed E-state index contributed by atoms with van der Waals surface area (Å²) >= 11 is 0. The van der Waals surface area contributed by atoms with Gasteiger partial charge in [-0.1, -0.05) is 17.3 Å². The number of esters is 1. The van der Waals surface area contributed by atoms with Crippen molar-refractivity contribution in [2.24, 2.45) is 5.16 Å². The molecule has 0 atom stereocenters. The molecule has 1 aromatic rings. The zero-order valence-electron chi connectivity index (χ0n) is 9.52. The molecule has 1 N–H and O–H groups in total. The number of rotatable bonds is 5. The van der Waals surface area contributed by atoms with Crippen LogP contribution in [0.3, 0.4) is 0 Å². The van der Waals surface area contributed by atoms with Gasteiger partial charge in [0.1, 0.15) is 5.82 Å². The van der Waals surface area contributed by atoms with Crippen molar-refractivity contribution in [3.05, 3.63) is 35.6 Å². The first-order chi connectivity index (χ1) is 8.17. The summed E-state index contributed by atoms with van der Waals surface area (Å²) in [5.41, 5.74) is 0.827. The number of halogens is 1. The average Bonchev–Trinajstić information content (AvgIpc) is 2.32. The monoisotopic (exact) mass is 239 g/mol. The van der Waals surface area contributed by atoms with Gasteiger partial charge in [-0.2, -0.15) is 0 Å². The number of nitrogens with zero attached hydrogens (tertiary/aromatic N) is 1. The summed E-state index contributed by atoms with van der Waals surface area (Å²) in [4.78, 5) is 11.3.